The van der Waals surface area contributed by atoms with Gasteiger partial charge in [-0.15, -0.1) is 11.3 Å². The lowest BCUT2D eigenvalue weighted by Crippen LogP contribution is -2.45. The summed E-state index contributed by atoms with van der Waals surface area (Å²) in [5.41, 5.74) is 1.06. The summed E-state index contributed by atoms with van der Waals surface area (Å²) in [5, 5.41) is 22.6. The van der Waals surface area contributed by atoms with E-state index >= 15 is 0 Å². The lowest BCUT2D eigenvalue weighted by Gasteiger charge is -2.38. The third kappa shape index (κ3) is 3.70. The van der Waals surface area contributed by atoms with Gasteiger partial charge < -0.3 is 10.0 Å². The van der Waals surface area contributed by atoms with Crippen molar-refractivity contribution in [3.05, 3.63) is 51.5 Å². The summed E-state index contributed by atoms with van der Waals surface area (Å²) >= 11 is 1.47. The van der Waals surface area contributed by atoms with E-state index in [1.54, 1.807) is 13.8 Å². The molecule has 1 aliphatic carbocycles. The van der Waals surface area contributed by atoms with Gasteiger partial charge in [0.15, 0.2) is 0 Å². The first-order valence-corrected chi connectivity index (χ1v) is 11.1. The van der Waals surface area contributed by atoms with E-state index in [1.165, 1.54) is 11.3 Å². The van der Waals surface area contributed by atoms with Crippen LogP contribution in [0, 0.1) is 11.3 Å². The van der Waals surface area contributed by atoms with E-state index in [0.29, 0.717) is 17.1 Å². The molecule has 1 aliphatic heterocycles. The maximum Gasteiger partial charge on any atom is 0.254 e. The van der Waals surface area contributed by atoms with Crippen molar-refractivity contribution in [3.8, 4) is 6.07 Å². The van der Waals surface area contributed by atoms with Crippen LogP contribution in [0.15, 0.2) is 29.6 Å². The highest BCUT2D eigenvalue weighted by Gasteiger charge is 2.47. The van der Waals surface area contributed by atoms with Gasteiger partial charge in [-0.3, -0.25) is 4.79 Å². The molecular weight excluding hydrogens is 382 g/mol. The molecule has 6 heteroatoms. The van der Waals surface area contributed by atoms with Crippen LogP contribution in [-0.2, 0) is 11.0 Å². The van der Waals surface area contributed by atoms with Gasteiger partial charge in [-0.25, -0.2) is 4.98 Å². The number of nitrogens with zero attached hydrogens (tertiary/aromatic N) is 3. The van der Waals surface area contributed by atoms with E-state index in [-0.39, 0.29) is 17.9 Å². The molecule has 1 aromatic carbocycles. The molecule has 0 spiro atoms. The molecule has 1 aromatic heterocycles. The fourth-order valence-electron chi connectivity index (χ4n) is 4.19. The highest BCUT2D eigenvalue weighted by Crippen LogP contribution is 2.49. The van der Waals surface area contributed by atoms with Gasteiger partial charge in [0.1, 0.15) is 10.6 Å². The average molecular weight is 410 g/mol. The Morgan fingerprint density at radius 2 is 2.07 bits per heavy atom. The molecule has 0 unspecified atom stereocenters. The number of hydrogen-bond acceptors (Lipinski definition) is 5. The maximum absolute atomic E-state index is 13.5. The second-order valence-electron chi connectivity index (χ2n) is 8.96. The summed E-state index contributed by atoms with van der Waals surface area (Å²) in [7, 11) is 0. The van der Waals surface area contributed by atoms with Crippen molar-refractivity contribution in [1.29, 1.82) is 5.26 Å². The number of aromatic nitrogens is 1. The van der Waals surface area contributed by atoms with Gasteiger partial charge in [-0.2, -0.15) is 5.26 Å². The number of carbonyl (C=O) groups is 1. The van der Waals surface area contributed by atoms with Crippen molar-refractivity contribution in [2.75, 3.05) is 6.54 Å². The molecule has 4 rings (SSSR count). The second-order valence-corrected chi connectivity index (χ2v) is 9.81. The van der Waals surface area contributed by atoms with E-state index in [9.17, 15) is 15.2 Å². The molecule has 2 atom stereocenters. The van der Waals surface area contributed by atoms with Crippen LogP contribution in [0.2, 0.25) is 0 Å². The van der Waals surface area contributed by atoms with E-state index < -0.39 is 11.0 Å². The number of benzene rings is 1. The van der Waals surface area contributed by atoms with Crippen LogP contribution in [0.25, 0.3) is 0 Å². The number of amides is 1. The van der Waals surface area contributed by atoms with Gasteiger partial charge in [-0.1, -0.05) is 18.2 Å². The van der Waals surface area contributed by atoms with Crippen LogP contribution < -0.4 is 0 Å². The number of carbonyl (C=O) groups excluding carboxylic acids is 1. The van der Waals surface area contributed by atoms with Gasteiger partial charge in [0.2, 0.25) is 0 Å². The smallest absolute Gasteiger partial charge is 0.254 e. The molecule has 1 saturated carbocycles. The summed E-state index contributed by atoms with van der Waals surface area (Å²) in [6.07, 6.45) is 3.54. The SMILES string of the molecule is C[C@@H]1CC[C@@H](c2csc(C(C)(C)O)n2)CN1C(=O)c1ccccc1C1(C#N)CC1. The lowest BCUT2D eigenvalue weighted by molar-refractivity contribution is 0.0603. The van der Waals surface area contributed by atoms with Crippen molar-refractivity contribution in [1.82, 2.24) is 9.88 Å². The quantitative estimate of drug-likeness (QED) is 0.815. The highest BCUT2D eigenvalue weighted by molar-refractivity contribution is 7.09. The predicted molar refractivity (Wildman–Crippen MR) is 113 cm³/mol. The predicted octanol–water partition coefficient (Wildman–Crippen LogP) is 4.33. The maximum atomic E-state index is 13.5. The summed E-state index contributed by atoms with van der Waals surface area (Å²) in [4.78, 5) is 20.1. The lowest BCUT2D eigenvalue weighted by atomic mass is 9.88. The average Bonchev–Trinajstić information content (AvgIpc) is 3.34. The molecule has 0 bridgehead atoms. The number of rotatable bonds is 4. The Bertz CT molecular complexity index is 965. The van der Waals surface area contributed by atoms with Crippen LogP contribution in [-0.4, -0.2) is 33.5 Å². The fourth-order valence-corrected chi connectivity index (χ4v) is 5.12. The van der Waals surface area contributed by atoms with E-state index in [4.69, 9.17) is 0 Å². The Labute approximate surface area is 176 Å². The molecule has 29 heavy (non-hydrogen) atoms. The molecule has 2 aliphatic rings. The van der Waals surface area contributed by atoms with Crippen molar-refractivity contribution in [2.45, 2.75) is 69.4 Å². The molecular formula is C23H27N3O2S. The number of piperidine rings is 1. The van der Waals surface area contributed by atoms with E-state index in [2.05, 4.69) is 18.0 Å². The van der Waals surface area contributed by atoms with Crippen molar-refractivity contribution >= 4 is 17.2 Å². The van der Waals surface area contributed by atoms with Gasteiger partial charge >= 0.3 is 0 Å². The number of hydrogen-bond donors (Lipinski definition) is 1. The Hall–Kier alpha value is -2.23. The normalized spacial score (nSPS) is 23.5. The standard InChI is InChI=1S/C23H27N3O2S/c1-15-8-9-16(19-13-29-21(25-19)22(2,3)28)12-26(15)20(27)17-6-4-5-7-18(17)23(14-24)10-11-23/h4-7,13,15-16,28H,8-12H2,1-3H3/t15-,16-/m1/s1. The summed E-state index contributed by atoms with van der Waals surface area (Å²) in [6.45, 7) is 6.20. The zero-order valence-electron chi connectivity index (χ0n) is 17.2. The zero-order chi connectivity index (χ0) is 20.8. The molecule has 1 saturated heterocycles. The Balaban J connectivity index is 1.59. The third-order valence-corrected chi connectivity index (χ3v) is 7.42. The summed E-state index contributed by atoms with van der Waals surface area (Å²) < 4.78 is 0. The second kappa shape index (κ2) is 7.23. The first-order valence-electron chi connectivity index (χ1n) is 10.3. The zero-order valence-corrected chi connectivity index (χ0v) is 18.0. The van der Waals surface area contributed by atoms with E-state index in [1.807, 2.05) is 34.5 Å². The number of thiazole rings is 1. The molecule has 152 valence electrons. The largest absolute Gasteiger partial charge is 0.383 e. The van der Waals surface area contributed by atoms with Gasteiger partial charge in [-0.05, 0) is 58.1 Å². The van der Waals surface area contributed by atoms with Crippen LogP contribution in [0.1, 0.15) is 79.0 Å². The van der Waals surface area contributed by atoms with Crippen molar-refractivity contribution in [2.24, 2.45) is 0 Å². The van der Waals surface area contributed by atoms with Crippen molar-refractivity contribution < 1.29 is 9.90 Å². The number of nitriles is 1. The minimum atomic E-state index is -0.949. The molecule has 0 radical (unpaired) electrons. The summed E-state index contributed by atoms with van der Waals surface area (Å²) in [5.74, 6) is 0.179. The molecule has 2 heterocycles. The molecule has 2 aromatic rings. The van der Waals surface area contributed by atoms with Gasteiger partial charge in [0.05, 0.1) is 17.2 Å². The highest BCUT2D eigenvalue weighted by atomic mass is 32.1. The first kappa shape index (κ1) is 20.1. The minimum absolute atomic E-state index is 0.0114. The Morgan fingerprint density at radius 3 is 2.69 bits per heavy atom. The minimum Gasteiger partial charge on any atom is -0.383 e. The van der Waals surface area contributed by atoms with Crippen LogP contribution >= 0.6 is 11.3 Å². The molecule has 2 fully saturated rings. The van der Waals surface area contributed by atoms with Crippen LogP contribution in [0.4, 0.5) is 0 Å². The summed E-state index contributed by atoms with van der Waals surface area (Å²) in [6, 6.07) is 10.2. The Morgan fingerprint density at radius 1 is 1.34 bits per heavy atom. The van der Waals surface area contributed by atoms with Gasteiger partial charge in [0, 0.05) is 29.4 Å². The number of aliphatic hydroxyl groups is 1. The van der Waals surface area contributed by atoms with E-state index in [0.717, 1.165) is 36.9 Å². The van der Waals surface area contributed by atoms with Gasteiger partial charge in [0.25, 0.3) is 5.91 Å². The molecule has 5 nitrogen and oxygen atoms in total. The topological polar surface area (TPSA) is 77.2 Å². The van der Waals surface area contributed by atoms with Crippen LogP contribution in [0.3, 0.4) is 0 Å². The monoisotopic (exact) mass is 409 g/mol. The first-order chi connectivity index (χ1) is 13.7. The Kier molecular flexibility index (Phi) is 5.00. The van der Waals surface area contributed by atoms with Crippen molar-refractivity contribution in [3.63, 3.8) is 0 Å². The van der Waals surface area contributed by atoms with Crippen LogP contribution in [0.5, 0.6) is 0 Å². The fraction of sp³-hybridized carbons (Fsp3) is 0.522. The molecule has 1 N–H and O–H groups in total. The number of likely N-dealkylation sites (tertiary alicyclic amines) is 1. The molecule has 1 amide bonds. The third-order valence-electron chi connectivity index (χ3n) is 6.24.